The molecule has 2 aromatic carbocycles. The van der Waals surface area contributed by atoms with Crippen molar-refractivity contribution < 1.29 is 23.8 Å². The number of ether oxygens (including phenoxy) is 3. The third-order valence-corrected chi connectivity index (χ3v) is 5.20. The van der Waals surface area contributed by atoms with Gasteiger partial charge in [0.05, 0.1) is 12.2 Å². The Morgan fingerprint density at radius 1 is 0.879 bits per heavy atom. The van der Waals surface area contributed by atoms with Crippen LogP contribution in [0.5, 0.6) is 17.2 Å². The molecule has 0 atom stereocenters. The summed E-state index contributed by atoms with van der Waals surface area (Å²) in [6.45, 7) is 6.07. The van der Waals surface area contributed by atoms with Crippen LogP contribution in [0.15, 0.2) is 55.1 Å². The highest BCUT2D eigenvalue weighted by Crippen LogP contribution is 2.37. The smallest absolute Gasteiger partial charge is 0.343 e. The third kappa shape index (κ3) is 9.94. The van der Waals surface area contributed by atoms with Gasteiger partial charge >= 0.3 is 11.9 Å². The Kier molecular flexibility index (Phi) is 12.4. The largest absolute Gasteiger partial charge is 0.486 e. The van der Waals surface area contributed by atoms with E-state index in [-0.39, 0.29) is 17.2 Å². The molecule has 0 bridgehead atoms. The molecular formula is C28H35O5. The summed E-state index contributed by atoms with van der Waals surface area (Å²) >= 11 is 0. The van der Waals surface area contributed by atoms with Gasteiger partial charge in [-0.15, -0.1) is 0 Å². The predicted molar refractivity (Wildman–Crippen MR) is 130 cm³/mol. The molecule has 5 heteroatoms. The molecule has 0 N–H and O–H groups in total. The minimum atomic E-state index is -0.620. The lowest BCUT2D eigenvalue weighted by molar-refractivity contribution is -0.129. The maximum atomic E-state index is 12.5. The van der Waals surface area contributed by atoms with E-state index in [0.717, 1.165) is 25.3 Å². The van der Waals surface area contributed by atoms with E-state index in [4.69, 9.17) is 14.2 Å². The van der Waals surface area contributed by atoms with Gasteiger partial charge in [-0.25, -0.2) is 9.59 Å². The minimum absolute atomic E-state index is 0.0882. The van der Waals surface area contributed by atoms with Gasteiger partial charge < -0.3 is 14.2 Å². The molecule has 0 aliphatic carbocycles. The van der Waals surface area contributed by atoms with E-state index < -0.39 is 11.9 Å². The summed E-state index contributed by atoms with van der Waals surface area (Å²) < 4.78 is 16.7. The van der Waals surface area contributed by atoms with E-state index in [1.54, 1.807) is 30.3 Å². The van der Waals surface area contributed by atoms with Crippen LogP contribution in [0.2, 0.25) is 0 Å². The van der Waals surface area contributed by atoms with Crippen LogP contribution in [0.4, 0.5) is 0 Å². The molecule has 0 amide bonds. The van der Waals surface area contributed by atoms with Gasteiger partial charge in [-0.1, -0.05) is 89.5 Å². The lowest BCUT2D eigenvalue weighted by atomic mass is 10.1. The first kappa shape index (κ1) is 26.2. The van der Waals surface area contributed by atoms with E-state index >= 15 is 0 Å². The molecule has 2 aromatic rings. The summed E-state index contributed by atoms with van der Waals surface area (Å²) in [5, 5.41) is 0. The molecule has 33 heavy (non-hydrogen) atoms. The van der Waals surface area contributed by atoms with Gasteiger partial charge in [0.2, 0.25) is 5.75 Å². The zero-order valence-corrected chi connectivity index (χ0v) is 19.6. The second-order valence-electron chi connectivity index (χ2n) is 7.91. The summed E-state index contributed by atoms with van der Waals surface area (Å²) in [6.07, 6.45) is 13.2. The van der Waals surface area contributed by atoms with Crippen LogP contribution in [0.1, 0.15) is 81.5 Å². The fourth-order valence-electron chi connectivity index (χ4n) is 3.38. The fraction of sp³-hybridized carbons (Fsp3) is 0.429. The van der Waals surface area contributed by atoms with Gasteiger partial charge in [-0.05, 0) is 30.7 Å². The van der Waals surface area contributed by atoms with Crippen LogP contribution in [-0.4, -0.2) is 18.5 Å². The number of benzene rings is 2. The molecular weight excluding hydrogens is 416 g/mol. The number of rotatable bonds is 16. The Balaban J connectivity index is 1.89. The van der Waals surface area contributed by atoms with Crippen molar-refractivity contribution in [1.82, 2.24) is 0 Å². The van der Waals surface area contributed by atoms with Gasteiger partial charge in [0.15, 0.2) is 11.5 Å². The van der Waals surface area contributed by atoms with Crippen LogP contribution in [-0.2, 0) is 4.79 Å². The topological polar surface area (TPSA) is 61.8 Å². The summed E-state index contributed by atoms with van der Waals surface area (Å²) in [6, 6.07) is 14.6. The maximum Gasteiger partial charge on any atom is 0.343 e. The molecule has 0 heterocycles. The number of carbonyl (C=O) groups excluding carboxylic acids is 2. The summed E-state index contributed by atoms with van der Waals surface area (Å²) in [5.41, 5.74) is 0.403. The number of hydrogen-bond donors (Lipinski definition) is 0. The van der Waals surface area contributed by atoms with Crippen LogP contribution >= 0.6 is 0 Å². The molecule has 5 nitrogen and oxygen atoms in total. The summed E-state index contributed by atoms with van der Waals surface area (Å²) in [7, 11) is 0. The highest BCUT2D eigenvalue weighted by atomic mass is 16.6. The van der Waals surface area contributed by atoms with Crippen molar-refractivity contribution in [2.75, 3.05) is 6.61 Å². The zero-order chi connectivity index (χ0) is 23.7. The van der Waals surface area contributed by atoms with Crippen molar-refractivity contribution in [3.8, 4) is 17.2 Å². The lowest BCUT2D eigenvalue weighted by Crippen LogP contribution is -2.11. The van der Waals surface area contributed by atoms with E-state index in [2.05, 4.69) is 19.6 Å². The maximum absolute atomic E-state index is 12.5. The molecule has 0 aromatic heterocycles. The van der Waals surface area contributed by atoms with Crippen molar-refractivity contribution in [1.29, 1.82) is 0 Å². The molecule has 0 aliphatic rings. The van der Waals surface area contributed by atoms with Crippen molar-refractivity contribution in [3.63, 3.8) is 0 Å². The third-order valence-electron chi connectivity index (χ3n) is 5.20. The van der Waals surface area contributed by atoms with Gasteiger partial charge in [0, 0.05) is 12.1 Å². The molecule has 0 unspecified atom stereocenters. The molecule has 0 spiro atoms. The highest BCUT2D eigenvalue weighted by molar-refractivity contribution is 5.91. The molecule has 0 saturated heterocycles. The SMILES string of the molecule is C=CC(=O)Oc1cc[c]c(OC(=O)c2ccccc2)c1OCCCCCCCCCCCC. The van der Waals surface area contributed by atoms with Crippen LogP contribution in [0.25, 0.3) is 0 Å². The number of hydrogen-bond acceptors (Lipinski definition) is 5. The monoisotopic (exact) mass is 451 g/mol. The average molecular weight is 452 g/mol. The Morgan fingerprint density at radius 3 is 2.15 bits per heavy atom. The van der Waals surface area contributed by atoms with Gasteiger partial charge in [-0.3, -0.25) is 0 Å². The number of esters is 2. The van der Waals surface area contributed by atoms with E-state index in [1.807, 2.05) is 6.07 Å². The molecule has 2 rings (SSSR count). The molecule has 0 saturated carbocycles. The predicted octanol–water partition coefficient (Wildman–Crippen LogP) is 7.10. The number of carbonyl (C=O) groups is 2. The summed E-state index contributed by atoms with van der Waals surface area (Å²) in [5.74, 6) is -0.715. The Hall–Kier alpha value is -3.08. The van der Waals surface area contributed by atoms with Crippen LogP contribution in [0, 0.1) is 6.07 Å². The number of unbranched alkanes of at least 4 members (excludes halogenated alkanes) is 9. The van der Waals surface area contributed by atoms with E-state index in [9.17, 15) is 9.59 Å². The van der Waals surface area contributed by atoms with Gasteiger partial charge in [-0.2, -0.15) is 0 Å². The second kappa shape index (κ2) is 15.7. The minimum Gasteiger partial charge on any atom is -0.486 e. The average Bonchev–Trinajstić information content (AvgIpc) is 2.84. The first-order valence-corrected chi connectivity index (χ1v) is 11.9. The molecule has 0 fully saturated rings. The van der Waals surface area contributed by atoms with Crippen molar-refractivity contribution in [2.24, 2.45) is 0 Å². The summed E-state index contributed by atoms with van der Waals surface area (Å²) in [4.78, 5) is 24.2. The first-order chi connectivity index (χ1) is 16.2. The Labute approximate surface area is 197 Å². The highest BCUT2D eigenvalue weighted by Gasteiger charge is 2.18. The van der Waals surface area contributed by atoms with E-state index in [0.29, 0.717) is 12.2 Å². The normalized spacial score (nSPS) is 10.5. The van der Waals surface area contributed by atoms with Gasteiger partial charge in [0.1, 0.15) is 0 Å². The van der Waals surface area contributed by atoms with Crippen molar-refractivity contribution >= 4 is 11.9 Å². The Morgan fingerprint density at radius 2 is 1.52 bits per heavy atom. The van der Waals surface area contributed by atoms with Gasteiger partial charge in [0.25, 0.3) is 0 Å². The standard InChI is InChI=1S/C28H35O5/c1-3-5-6-7-8-9-10-11-12-16-22-31-27-24(32-26(29)4-2)20-17-21-25(27)33-28(30)23-18-14-13-15-19-23/h4,13-15,17-20H,2-3,5-12,16,22H2,1H3. The van der Waals surface area contributed by atoms with Crippen molar-refractivity contribution in [3.05, 3.63) is 66.7 Å². The Bertz CT molecular complexity index is 860. The molecule has 177 valence electrons. The molecule has 0 aliphatic heterocycles. The fourth-order valence-corrected chi connectivity index (χ4v) is 3.38. The second-order valence-corrected chi connectivity index (χ2v) is 7.91. The van der Waals surface area contributed by atoms with Crippen LogP contribution < -0.4 is 14.2 Å². The first-order valence-electron chi connectivity index (χ1n) is 11.9. The van der Waals surface area contributed by atoms with Crippen LogP contribution in [0.3, 0.4) is 0 Å². The zero-order valence-electron chi connectivity index (χ0n) is 19.6. The molecule has 1 radical (unpaired) electrons. The van der Waals surface area contributed by atoms with Crippen molar-refractivity contribution in [2.45, 2.75) is 71.1 Å². The van der Waals surface area contributed by atoms with E-state index in [1.165, 1.54) is 51.0 Å². The lowest BCUT2D eigenvalue weighted by Gasteiger charge is -2.15. The quantitative estimate of drug-likeness (QED) is 0.118.